The van der Waals surface area contributed by atoms with Crippen LogP contribution in [0.25, 0.3) is 10.3 Å². The van der Waals surface area contributed by atoms with Crippen LogP contribution in [0, 0.1) is 5.92 Å². The lowest BCUT2D eigenvalue weighted by molar-refractivity contribution is -0.121. The number of aromatic nitrogens is 3. The lowest BCUT2D eigenvalue weighted by Gasteiger charge is -2.22. The van der Waals surface area contributed by atoms with Crippen LogP contribution in [0.15, 0.2) is 48.0 Å². The average Bonchev–Trinajstić information content (AvgIpc) is 3.62. The van der Waals surface area contributed by atoms with E-state index in [1.165, 1.54) is 23.5 Å². The molecule has 2 aromatic carbocycles. The van der Waals surface area contributed by atoms with Crippen LogP contribution in [-0.2, 0) is 4.79 Å². The second kappa shape index (κ2) is 10.5. The fourth-order valence-electron chi connectivity index (χ4n) is 4.40. The zero-order valence-electron chi connectivity index (χ0n) is 21.0. The molecule has 1 saturated heterocycles. The molecule has 1 atom stereocenters. The van der Waals surface area contributed by atoms with Crippen molar-refractivity contribution < 1.29 is 24.2 Å². The Morgan fingerprint density at radius 1 is 1.11 bits per heavy atom. The van der Waals surface area contributed by atoms with Gasteiger partial charge in [0.05, 0.1) is 31.2 Å². The first-order valence-corrected chi connectivity index (χ1v) is 12.7. The SMILES string of the molecule is COc1ccc(Nc2nc(N3CCC(C(=O)N(C)c4ccc(C(=O)O)cc4)C3)nc3scnc23)cc1OC. The second-order valence-electron chi connectivity index (χ2n) is 8.75. The van der Waals surface area contributed by atoms with E-state index >= 15 is 0 Å². The summed E-state index contributed by atoms with van der Waals surface area (Å²) in [5, 5.41) is 12.4. The highest BCUT2D eigenvalue weighted by Gasteiger charge is 2.32. The van der Waals surface area contributed by atoms with Crippen LogP contribution in [0.2, 0.25) is 0 Å². The van der Waals surface area contributed by atoms with Gasteiger partial charge in [0, 0.05) is 37.6 Å². The Morgan fingerprint density at radius 2 is 1.87 bits per heavy atom. The fourth-order valence-corrected chi connectivity index (χ4v) is 5.06. The number of ether oxygens (including phenoxy) is 2. The number of thiazole rings is 1. The molecule has 0 bridgehead atoms. The first-order valence-electron chi connectivity index (χ1n) is 11.8. The quantitative estimate of drug-likeness (QED) is 0.342. The second-order valence-corrected chi connectivity index (χ2v) is 9.59. The molecule has 1 aliphatic rings. The topological polar surface area (TPSA) is 130 Å². The Balaban J connectivity index is 1.34. The molecule has 1 amide bonds. The van der Waals surface area contributed by atoms with Gasteiger partial charge in [0.15, 0.2) is 22.1 Å². The molecule has 0 spiro atoms. The highest BCUT2D eigenvalue weighted by molar-refractivity contribution is 7.16. The minimum Gasteiger partial charge on any atom is -0.493 e. The summed E-state index contributed by atoms with van der Waals surface area (Å²) in [6.07, 6.45) is 0.652. The predicted octanol–water partition coefficient (Wildman–Crippen LogP) is 4.03. The average molecular weight is 535 g/mol. The number of rotatable bonds is 8. The molecule has 4 aromatic rings. The molecule has 3 heterocycles. The van der Waals surface area contributed by atoms with Crippen molar-refractivity contribution in [2.75, 3.05) is 49.5 Å². The van der Waals surface area contributed by atoms with Crippen LogP contribution < -0.4 is 24.6 Å². The van der Waals surface area contributed by atoms with E-state index in [9.17, 15) is 9.59 Å². The number of nitrogens with zero attached hydrogens (tertiary/aromatic N) is 5. The molecule has 2 aromatic heterocycles. The standard InChI is InChI=1S/C26H26N6O5S/c1-31(18-7-4-15(5-8-18)25(34)35)24(33)16-10-11-32(13-16)26-29-22(21-23(30-26)38-14-27-21)28-17-6-9-19(36-2)20(12-17)37-3/h4-9,12,14,16H,10-11,13H2,1-3H3,(H,34,35)(H,28,29,30). The van der Waals surface area contributed by atoms with Crippen molar-refractivity contribution in [2.45, 2.75) is 6.42 Å². The van der Waals surface area contributed by atoms with Crippen LogP contribution >= 0.6 is 11.3 Å². The molecular weight excluding hydrogens is 508 g/mol. The summed E-state index contributed by atoms with van der Waals surface area (Å²) in [5.41, 5.74) is 3.96. The number of carbonyl (C=O) groups excluding carboxylic acids is 1. The smallest absolute Gasteiger partial charge is 0.335 e. The molecule has 5 rings (SSSR count). The number of carboxylic acids is 1. The summed E-state index contributed by atoms with van der Waals surface area (Å²) in [4.78, 5) is 42.6. The zero-order valence-corrected chi connectivity index (χ0v) is 21.9. The minimum atomic E-state index is -1.00. The Kier molecular flexibility index (Phi) is 6.97. The third-order valence-corrected chi connectivity index (χ3v) is 7.20. The normalized spacial score (nSPS) is 14.9. The third kappa shape index (κ3) is 4.90. The third-order valence-electron chi connectivity index (χ3n) is 6.49. The Bertz CT molecular complexity index is 1490. The summed E-state index contributed by atoms with van der Waals surface area (Å²) in [6, 6.07) is 11.8. The molecule has 38 heavy (non-hydrogen) atoms. The van der Waals surface area contributed by atoms with Crippen LogP contribution in [-0.4, -0.2) is 66.3 Å². The number of benzene rings is 2. The van der Waals surface area contributed by atoms with E-state index in [0.29, 0.717) is 54.0 Å². The van der Waals surface area contributed by atoms with E-state index in [1.807, 2.05) is 23.1 Å². The molecule has 1 unspecified atom stereocenters. The van der Waals surface area contributed by atoms with Gasteiger partial charge in [-0.05, 0) is 42.8 Å². The van der Waals surface area contributed by atoms with Crippen molar-refractivity contribution in [2.24, 2.45) is 5.92 Å². The van der Waals surface area contributed by atoms with Gasteiger partial charge in [0.2, 0.25) is 11.9 Å². The number of amides is 1. The first kappa shape index (κ1) is 25.2. The maximum absolute atomic E-state index is 13.2. The Morgan fingerprint density at radius 3 is 2.58 bits per heavy atom. The van der Waals surface area contributed by atoms with Gasteiger partial charge in [0.25, 0.3) is 0 Å². The number of fused-ring (bicyclic) bond motifs is 1. The maximum atomic E-state index is 13.2. The lowest BCUT2D eigenvalue weighted by Crippen LogP contribution is -2.34. The number of anilines is 4. The van der Waals surface area contributed by atoms with Gasteiger partial charge < -0.3 is 29.7 Å². The van der Waals surface area contributed by atoms with Crippen molar-refractivity contribution in [3.05, 3.63) is 53.5 Å². The van der Waals surface area contributed by atoms with Crippen molar-refractivity contribution >= 4 is 56.7 Å². The van der Waals surface area contributed by atoms with Gasteiger partial charge in [-0.3, -0.25) is 4.79 Å². The summed E-state index contributed by atoms with van der Waals surface area (Å²) in [7, 11) is 4.86. The van der Waals surface area contributed by atoms with Crippen LogP contribution in [0.5, 0.6) is 11.5 Å². The van der Waals surface area contributed by atoms with Crippen LogP contribution in [0.1, 0.15) is 16.8 Å². The number of aromatic carboxylic acids is 1. The lowest BCUT2D eigenvalue weighted by atomic mass is 10.1. The predicted molar refractivity (Wildman–Crippen MR) is 145 cm³/mol. The molecule has 12 heteroatoms. The van der Waals surface area contributed by atoms with Gasteiger partial charge in [-0.25, -0.2) is 9.78 Å². The van der Waals surface area contributed by atoms with Crippen molar-refractivity contribution in [1.29, 1.82) is 0 Å². The molecule has 11 nitrogen and oxygen atoms in total. The van der Waals surface area contributed by atoms with E-state index in [2.05, 4.69) is 10.3 Å². The van der Waals surface area contributed by atoms with Gasteiger partial charge in [-0.2, -0.15) is 9.97 Å². The number of hydrogen-bond donors (Lipinski definition) is 2. The largest absolute Gasteiger partial charge is 0.493 e. The highest BCUT2D eigenvalue weighted by Crippen LogP contribution is 2.34. The highest BCUT2D eigenvalue weighted by atomic mass is 32.1. The van der Waals surface area contributed by atoms with Gasteiger partial charge in [0.1, 0.15) is 5.52 Å². The summed E-state index contributed by atoms with van der Waals surface area (Å²) < 4.78 is 10.7. The Hall–Kier alpha value is -4.45. The summed E-state index contributed by atoms with van der Waals surface area (Å²) in [5.74, 6) is 0.993. The molecular formula is C26H26N6O5S. The van der Waals surface area contributed by atoms with E-state index < -0.39 is 5.97 Å². The Labute approximate surface area is 222 Å². The molecule has 0 saturated carbocycles. The fraction of sp³-hybridized carbons (Fsp3) is 0.269. The van der Waals surface area contributed by atoms with E-state index in [1.54, 1.807) is 43.8 Å². The number of methoxy groups -OCH3 is 2. The van der Waals surface area contributed by atoms with E-state index in [-0.39, 0.29) is 17.4 Å². The first-order chi connectivity index (χ1) is 18.4. The molecule has 1 aliphatic heterocycles. The molecule has 0 radical (unpaired) electrons. The number of carbonyl (C=O) groups is 2. The van der Waals surface area contributed by atoms with E-state index in [0.717, 1.165) is 10.5 Å². The van der Waals surface area contributed by atoms with E-state index in [4.69, 9.17) is 24.5 Å². The van der Waals surface area contributed by atoms with Crippen LogP contribution in [0.3, 0.4) is 0 Å². The van der Waals surface area contributed by atoms with Gasteiger partial charge in [-0.15, -0.1) is 11.3 Å². The molecule has 2 N–H and O–H groups in total. The summed E-state index contributed by atoms with van der Waals surface area (Å²) in [6.45, 7) is 1.10. The number of carboxylic acid groups (broad SMARTS) is 1. The minimum absolute atomic E-state index is 0.0434. The van der Waals surface area contributed by atoms with Crippen molar-refractivity contribution in [3.8, 4) is 11.5 Å². The van der Waals surface area contributed by atoms with Gasteiger partial charge in [-0.1, -0.05) is 0 Å². The van der Waals surface area contributed by atoms with Crippen molar-refractivity contribution in [3.63, 3.8) is 0 Å². The van der Waals surface area contributed by atoms with Crippen molar-refractivity contribution in [1.82, 2.24) is 15.0 Å². The zero-order chi connectivity index (χ0) is 26.8. The van der Waals surface area contributed by atoms with Gasteiger partial charge >= 0.3 is 5.97 Å². The van der Waals surface area contributed by atoms with Crippen LogP contribution in [0.4, 0.5) is 23.1 Å². The number of hydrogen-bond acceptors (Lipinski definition) is 10. The number of nitrogens with one attached hydrogen (secondary N) is 1. The molecule has 1 fully saturated rings. The molecule has 0 aliphatic carbocycles. The molecule has 196 valence electrons. The monoisotopic (exact) mass is 534 g/mol. The summed E-state index contributed by atoms with van der Waals surface area (Å²) >= 11 is 1.42. The maximum Gasteiger partial charge on any atom is 0.335 e.